The monoisotopic (exact) mass is 329 g/mol. The van der Waals surface area contributed by atoms with E-state index in [1.807, 2.05) is 26.0 Å². The standard InChI is InChI=1S/C15H15N5O2S/c1-9-5-6-11(8-16-9)10(2)17-14(21)18-15-20-19-13(23-15)12-4-3-7-22-12/h3-8,10H,1-2H3,(H2,17,18,20,21). The Morgan fingerprint density at radius 2 is 2.17 bits per heavy atom. The van der Waals surface area contributed by atoms with Crippen molar-refractivity contribution in [3.63, 3.8) is 0 Å². The Morgan fingerprint density at radius 1 is 1.30 bits per heavy atom. The second-order valence-corrected chi connectivity index (χ2v) is 5.92. The predicted molar refractivity (Wildman–Crippen MR) is 87.2 cm³/mol. The molecule has 2 amide bonds. The molecule has 23 heavy (non-hydrogen) atoms. The van der Waals surface area contributed by atoms with Gasteiger partial charge >= 0.3 is 6.03 Å². The lowest BCUT2D eigenvalue weighted by molar-refractivity contribution is 0.249. The molecule has 3 aromatic rings. The Balaban J connectivity index is 1.60. The van der Waals surface area contributed by atoms with E-state index in [-0.39, 0.29) is 12.1 Å². The molecular formula is C15H15N5O2S. The third-order valence-electron chi connectivity index (χ3n) is 3.16. The van der Waals surface area contributed by atoms with Crippen LogP contribution in [-0.2, 0) is 0 Å². The van der Waals surface area contributed by atoms with Gasteiger partial charge in [0, 0.05) is 11.9 Å². The number of amides is 2. The number of pyridine rings is 1. The molecule has 8 heteroatoms. The zero-order valence-corrected chi connectivity index (χ0v) is 13.4. The van der Waals surface area contributed by atoms with Crippen LogP contribution in [0.15, 0.2) is 41.1 Å². The number of aryl methyl sites for hydroxylation is 1. The van der Waals surface area contributed by atoms with E-state index in [1.54, 1.807) is 24.6 Å². The van der Waals surface area contributed by atoms with Crippen LogP contribution in [0.5, 0.6) is 0 Å². The van der Waals surface area contributed by atoms with Crippen LogP contribution in [0.25, 0.3) is 10.8 Å². The molecule has 0 aliphatic rings. The molecule has 3 rings (SSSR count). The number of hydrogen-bond donors (Lipinski definition) is 2. The van der Waals surface area contributed by atoms with Crippen molar-refractivity contribution in [3.05, 3.63) is 48.0 Å². The lowest BCUT2D eigenvalue weighted by Gasteiger charge is -2.13. The zero-order chi connectivity index (χ0) is 16.2. The number of carbonyl (C=O) groups is 1. The van der Waals surface area contributed by atoms with Gasteiger partial charge in [-0.05, 0) is 37.6 Å². The van der Waals surface area contributed by atoms with Crippen LogP contribution in [0.4, 0.5) is 9.93 Å². The van der Waals surface area contributed by atoms with E-state index in [0.29, 0.717) is 15.9 Å². The number of nitrogens with zero attached hydrogens (tertiary/aromatic N) is 3. The summed E-state index contributed by atoms with van der Waals surface area (Å²) in [6.45, 7) is 3.81. The normalized spacial score (nSPS) is 11.9. The highest BCUT2D eigenvalue weighted by atomic mass is 32.1. The van der Waals surface area contributed by atoms with Gasteiger partial charge in [-0.2, -0.15) is 0 Å². The Kier molecular flexibility index (Phi) is 4.33. The number of aromatic nitrogens is 3. The maximum Gasteiger partial charge on any atom is 0.321 e. The summed E-state index contributed by atoms with van der Waals surface area (Å²) >= 11 is 1.24. The number of anilines is 1. The molecule has 0 saturated carbocycles. The van der Waals surface area contributed by atoms with Crippen LogP contribution in [0.3, 0.4) is 0 Å². The summed E-state index contributed by atoms with van der Waals surface area (Å²) in [5.41, 5.74) is 1.86. The Labute approximate surface area is 136 Å². The summed E-state index contributed by atoms with van der Waals surface area (Å²) in [5, 5.41) is 14.4. The maximum atomic E-state index is 12.0. The number of nitrogens with one attached hydrogen (secondary N) is 2. The minimum absolute atomic E-state index is 0.166. The predicted octanol–water partition coefficient (Wildman–Crippen LogP) is 3.38. The van der Waals surface area contributed by atoms with E-state index >= 15 is 0 Å². The molecule has 0 fully saturated rings. The summed E-state index contributed by atoms with van der Waals surface area (Å²) in [6.07, 6.45) is 3.31. The highest BCUT2D eigenvalue weighted by Gasteiger charge is 2.13. The third-order valence-corrected chi connectivity index (χ3v) is 4.01. The molecule has 0 saturated heterocycles. The quantitative estimate of drug-likeness (QED) is 0.765. The highest BCUT2D eigenvalue weighted by Crippen LogP contribution is 2.26. The minimum atomic E-state index is -0.347. The van der Waals surface area contributed by atoms with Gasteiger partial charge in [-0.3, -0.25) is 10.3 Å². The van der Waals surface area contributed by atoms with Gasteiger partial charge in [-0.1, -0.05) is 17.4 Å². The molecule has 0 bridgehead atoms. The van der Waals surface area contributed by atoms with Crippen molar-refractivity contribution in [3.8, 4) is 10.8 Å². The van der Waals surface area contributed by atoms with Crippen LogP contribution in [0.2, 0.25) is 0 Å². The lowest BCUT2D eigenvalue weighted by Crippen LogP contribution is -2.31. The van der Waals surface area contributed by atoms with Gasteiger partial charge < -0.3 is 9.73 Å². The van der Waals surface area contributed by atoms with Gasteiger partial charge in [-0.15, -0.1) is 10.2 Å². The Bertz CT molecular complexity index is 783. The molecule has 0 aliphatic carbocycles. The average molecular weight is 329 g/mol. The first-order valence-electron chi connectivity index (χ1n) is 6.99. The zero-order valence-electron chi connectivity index (χ0n) is 12.6. The van der Waals surface area contributed by atoms with Crippen molar-refractivity contribution >= 4 is 22.5 Å². The highest BCUT2D eigenvalue weighted by molar-refractivity contribution is 7.18. The van der Waals surface area contributed by atoms with Crippen LogP contribution >= 0.6 is 11.3 Å². The molecule has 0 radical (unpaired) electrons. The molecule has 7 nitrogen and oxygen atoms in total. The molecule has 0 aromatic carbocycles. The van der Waals surface area contributed by atoms with E-state index in [0.717, 1.165) is 11.3 Å². The van der Waals surface area contributed by atoms with Crippen molar-refractivity contribution in [2.24, 2.45) is 0 Å². The van der Waals surface area contributed by atoms with Crippen LogP contribution in [0, 0.1) is 6.92 Å². The minimum Gasteiger partial charge on any atom is -0.462 e. The summed E-state index contributed by atoms with van der Waals surface area (Å²) in [6, 6.07) is 6.89. The summed E-state index contributed by atoms with van der Waals surface area (Å²) < 4.78 is 5.24. The fourth-order valence-electron chi connectivity index (χ4n) is 1.92. The molecule has 1 atom stereocenters. The first kappa shape index (κ1) is 15.2. The summed E-state index contributed by atoms with van der Waals surface area (Å²) in [4.78, 5) is 16.3. The van der Waals surface area contributed by atoms with E-state index in [9.17, 15) is 4.79 Å². The SMILES string of the molecule is Cc1ccc(C(C)NC(=O)Nc2nnc(-c3ccco3)s2)cn1. The molecule has 0 spiro atoms. The van der Waals surface area contributed by atoms with Crippen molar-refractivity contribution in [2.75, 3.05) is 5.32 Å². The largest absolute Gasteiger partial charge is 0.462 e. The van der Waals surface area contributed by atoms with E-state index in [4.69, 9.17) is 4.42 Å². The van der Waals surface area contributed by atoms with Gasteiger partial charge in [0.1, 0.15) is 0 Å². The van der Waals surface area contributed by atoms with E-state index < -0.39 is 0 Å². The van der Waals surface area contributed by atoms with Crippen molar-refractivity contribution in [2.45, 2.75) is 19.9 Å². The van der Waals surface area contributed by atoms with Crippen LogP contribution in [0.1, 0.15) is 24.2 Å². The Hall–Kier alpha value is -2.74. The molecule has 3 aromatic heterocycles. The van der Waals surface area contributed by atoms with Gasteiger partial charge in [0.25, 0.3) is 0 Å². The van der Waals surface area contributed by atoms with Crippen molar-refractivity contribution < 1.29 is 9.21 Å². The smallest absolute Gasteiger partial charge is 0.321 e. The lowest BCUT2D eigenvalue weighted by atomic mass is 10.1. The van der Waals surface area contributed by atoms with Crippen LogP contribution in [-0.4, -0.2) is 21.2 Å². The molecule has 0 aliphatic heterocycles. The molecule has 2 N–H and O–H groups in total. The second-order valence-electron chi connectivity index (χ2n) is 4.94. The Morgan fingerprint density at radius 3 is 2.87 bits per heavy atom. The maximum absolute atomic E-state index is 12.0. The summed E-state index contributed by atoms with van der Waals surface area (Å²) in [5.74, 6) is 0.620. The topological polar surface area (TPSA) is 92.9 Å². The molecule has 1 unspecified atom stereocenters. The van der Waals surface area contributed by atoms with Gasteiger partial charge in [0.05, 0.1) is 12.3 Å². The molecule has 3 heterocycles. The number of hydrogen-bond acceptors (Lipinski definition) is 6. The van der Waals surface area contributed by atoms with Gasteiger partial charge in [0.2, 0.25) is 5.13 Å². The van der Waals surface area contributed by atoms with Gasteiger partial charge in [0.15, 0.2) is 10.8 Å². The number of carbonyl (C=O) groups excluding carboxylic acids is 1. The second kappa shape index (κ2) is 6.57. The number of rotatable bonds is 4. The first-order chi connectivity index (χ1) is 11.1. The van der Waals surface area contributed by atoms with E-state index in [2.05, 4.69) is 25.8 Å². The average Bonchev–Trinajstić information content (AvgIpc) is 3.18. The molecular weight excluding hydrogens is 314 g/mol. The number of furan rings is 1. The molecule has 118 valence electrons. The number of urea groups is 1. The van der Waals surface area contributed by atoms with Gasteiger partial charge in [-0.25, -0.2) is 4.79 Å². The fourth-order valence-corrected chi connectivity index (χ4v) is 2.63. The van der Waals surface area contributed by atoms with Crippen molar-refractivity contribution in [1.82, 2.24) is 20.5 Å². The first-order valence-corrected chi connectivity index (χ1v) is 7.81. The van der Waals surface area contributed by atoms with Crippen molar-refractivity contribution in [1.29, 1.82) is 0 Å². The van der Waals surface area contributed by atoms with E-state index in [1.165, 1.54) is 11.3 Å². The fraction of sp³-hybridized carbons (Fsp3) is 0.200. The summed E-state index contributed by atoms with van der Waals surface area (Å²) in [7, 11) is 0. The third kappa shape index (κ3) is 3.72. The van der Waals surface area contributed by atoms with Crippen LogP contribution < -0.4 is 10.6 Å².